The fourth-order valence-electron chi connectivity index (χ4n) is 1.85. The van der Waals surface area contributed by atoms with Crippen LogP contribution in [-0.4, -0.2) is 40.1 Å². The van der Waals surface area contributed by atoms with Gasteiger partial charge in [0.25, 0.3) is 5.91 Å². The molecule has 1 N–H and O–H groups in total. The zero-order chi connectivity index (χ0) is 12.4. The van der Waals surface area contributed by atoms with Crippen LogP contribution in [0.4, 0.5) is 0 Å². The van der Waals surface area contributed by atoms with Crippen molar-refractivity contribution < 1.29 is 19.2 Å². The number of carboxylic acid groups (broad SMARTS) is 1. The number of aromatic carboxylic acids is 1. The molecule has 0 atom stereocenters. The molecule has 2 rings (SSSR count). The summed E-state index contributed by atoms with van der Waals surface area (Å²) in [5.74, 6) is -1.15. The Balaban J connectivity index is 2.06. The second-order valence-corrected chi connectivity index (χ2v) is 4.36. The Bertz CT molecular complexity index is 432. The fourth-order valence-corrected chi connectivity index (χ4v) is 1.85. The number of rotatable bonds is 2. The van der Waals surface area contributed by atoms with Crippen LogP contribution in [0.5, 0.6) is 0 Å². The molecule has 1 saturated heterocycles. The first-order valence-corrected chi connectivity index (χ1v) is 5.57. The fraction of sp³-hybridized carbons (Fsp3) is 0.545. The molecule has 0 radical (unpaired) electrons. The average Bonchev–Trinajstić information content (AvgIpc) is 2.78. The van der Waals surface area contributed by atoms with Gasteiger partial charge in [0.2, 0.25) is 5.76 Å². The van der Waals surface area contributed by atoms with E-state index in [1.54, 1.807) is 4.90 Å². The summed E-state index contributed by atoms with van der Waals surface area (Å²) in [6.07, 6.45) is 1.94. The normalized spacial score (nSPS) is 17.1. The topological polar surface area (TPSA) is 83.6 Å². The van der Waals surface area contributed by atoms with Crippen LogP contribution in [-0.2, 0) is 0 Å². The Morgan fingerprint density at radius 3 is 2.65 bits per heavy atom. The van der Waals surface area contributed by atoms with Gasteiger partial charge in [0.15, 0.2) is 5.69 Å². The van der Waals surface area contributed by atoms with E-state index < -0.39 is 5.97 Å². The summed E-state index contributed by atoms with van der Waals surface area (Å²) < 4.78 is 4.56. The van der Waals surface area contributed by atoms with Crippen molar-refractivity contribution in [3.63, 3.8) is 0 Å². The van der Waals surface area contributed by atoms with E-state index in [0.717, 1.165) is 12.8 Å². The van der Waals surface area contributed by atoms with Gasteiger partial charge in [0.1, 0.15) is 0 Å². The second kappa shape index (κ2) is 4.57. The van der Waals surface area contributed by atoms with E-state index in [0.29, 0.717) is 19.0 Å². The Morgan fingerprint density at radius 2 is 2.12 bits per heavy atom. The van der Waals surface area contributed by atoms with Gasteiger partial charge >= 0.3 is 5.97 Å². The smallest absolute Gasteiger partial charge is 0.374 e. The third-order valence-corrected chi connectivity index (χ3v) is 3.01. The number of nitrogens with zero attached hydrogens (tertiary/aromatic N) is 2. The van der Waals surface area contributed by atoms with E-state index in [9.17, 15) is 9.59 Å². The van der Waals surface area contributed by atoms with Crippen molar-refractivity contribution >= 4 is 11.9 Å². The number of carbonyl (C=O) groups excluding carboxylic acids is 1. The molecule has 1 amide bonds. The minimum absolute atomic E-state index is 0.0666. The lowest BCUT2D eigenvalue weighted by molar-refractivity contribution is 0.0644. The Morgan fingerprint density at radius 1 is 1.47 bits per heavy atom. The molecule has 92 valence electrons. The van der Waals surface area contributed by atoms with Crippen LogP contribution < -0.4 is 0 Å². The number of piperidine rings is 1. The average molecular weight is 238 g/mol. The lowest BCUT2D eigenvalue weighted by Crippen LogP contribution is -2.38. The predicted molar refractivity (Wildman–Crippen MR) is 57.8 cm³/mol. The zero-order valence-electron chi connectivity index (χ0n) is 9.55. The summed E-state index contributed by atoms with van der Waals surface area (Å²) >= 11 is 0. The van der Waals surface area contributed by atoms with Gasteiger partial charge in [-0.15, -0.1) is 0 Å². The number of amides is 1. The van der Waals surface area contributed by atoms with Gasteiger partial charge in [0.05, 0.1) is 0 Å². The maximum absolute atomic E-state index is 12.0. The molecule has 1 aliphatic rings. The first-order chi connectivity index (χ1) is 8.08. The molecule has 0 bridgehead atoms. The van der Waals surface area contributed by atoms with Gasteiger partial charge in [-0.25, -0.2) is 4.79 Å². The number of carbonyl (C=O) groups is 2. The Kier molecular flexibility index (Phi) is 3.12. The Labute approximate surface area is 98.2 Å². The Hall–Kier alpha value is -1.85. The summed E-state index contributed by atoms with van der Waals surface area (Å²) in [5.41, 5.74) is 0.0666. The second-order valence-electron chi connectivity index (χ2n) is 4.36. The van der Waals surface area contributed by atoms with Gasteiger partial charge in [0, 0.05) is 19.2 Å². The zero-order valence-corrected chi connectivity index (χ0v) is 9.55. The van der Waals surface area contributed by atoms with Crippen LogP contribution in [0.1, 0.15) is 40.8 Å². The van der Waals surface area contributed by atoms with Crippen molar-refractivity contribution in [1.29, 1.82) is 0 Å². The minimum Gasteiger partial charge on any atom is -0.475 e. The predicted octanol–water partition coefficient (Wildman–Crippen LogP) is 1.24. The van der Waals surface area contributed by atoms with Crippen molar-refractivity contribution in [2.75, 3.05) is 13.1 Å². The summed E-state index contributed by atoms with van der Waals surface area (Å²) in [6.45, 7) is 3.53. The summed E-state index contributed by atoms with van der Waals surface area (Å²) in [6, 6.07) is 1.17. The van der Waals surface area contributed by atoms with Crippen LogP contribution in [0.2, 0.25) is 0 Å². The first kappa shape index (κ1) is 11.6. The molecule has 1 aromatic heterocycles. The molecule has 2 heterocycles. The number of carboxylic acids is 1. The van der Waals surface area contributed by atoms with Gasteiger partial charge in [-0.05, 0) is 18.8 Å². The number of aromatic nitrogens is 1. The first-order valence-electron chi connectivity index (χ1n) is 5.57. The number of likely N-dealkylation sites (tertiary alicyclic amines) is 1. The van der Waals surface area contributed by atoms with Crippen molar-refractivity contribution in [2.45, 2.75) is 19.8 Å². The standard InChI is InChI=1S/C11H14N2O4/c1-7-2-4-13(5-3-7)10(14)8-6-9(11(15)16)17-12-8/h6-7H,2-5H2,1H3,(H,15,16). The highest BCUT2D eigenvalue weighted by Crippen LogP contribution is 2.18. The molecule has 0 aliphatic carbocycles. The molecule has 17 heavy (non-hydrogen) atoms. The van der Waals surface area contributed by atoms with Gasteiger partial charge < -0.3 is 14.5 Å². The molecule has 6 nitrogen and oxygen atoms in total. The minimum atomic E-state index is -1.22. The van der Waals surface area contributed by atoms with Crippen LogP contribution >= 0.6 is 0 Å². The highest BCUT2D eigenvalue weighted by Gasteiger charge is 2.24. The van der Waals surface area contributed by atoms with Crippen molar-refractivity contribution in [2.24, 2.45) is 5.92 Å². The molecule has 0 aromatic carbocycles. The van der Waals surface area contributed by atoms with Crippen molar-refractivity contribution in [3.8, 4) is 0 Å². The maximum Gasteiger partial charge on any atom is 0.374 e. The van der Waals surface area contributed by atoms with E-state index in [1.807, 2.05) is 0 Å². The van der Waals surface area contributed by atoms with Gasteiger partial charge in [-0.2, -0.15) is 0 Å². The third kappa shape index (κ3) is 2.46. The molecule has 0 unspecified atom stereocenters. The molecule has 6 heteroatoms. The summed E-state index contributed by atoms with van der Waals surface area (Å²) in [4.78, 5) is 24.2. The van der Waals surface area contributed by atoms with Crippen LogP contribution in [0, 0.1) is 5.92 Å². The van der Waals surface area contributed by atoms with Gasteiger partial charge in [-0.1, -0.05) is 12.1 Å². The number of hydrogen-bond donors (Lipinski definition) is 1. The molecule has 1 fully saturated rings. The van der Waals surface area contributed by atoms with Crippen molar-refractivity contribution in [1.82, 2.24) is 10.1 Å². The van der Waals surface area contributed by atoms with Gasteiger partial charge in [-0.3, -0.25) is 4.79 Å². The van der Waals surface area contributed by atoms with Crippen molar-refractivity contribution in [3.05, 3.63) is 17.5 Å². The van der Waals surface area contributed by atoms with E-state index in [-0.39, 0.29) is 17.4 Å². The summed E-state index contributed by atoms with van der Waals surface area (Å²) in [7, 11) is 0. The highest BCUT2D eigenvalue weighted by atomic mass is 16.5. The lowest BCUT2D eigenvalue weighted by atomic mass is 9.99. The maximum atomic E-state index is 12.0. The molecular weight excluding hydrogens is 224 g/mol. The SMILES string of the molecule is CC1CCN(C(=O)c2cc(C(=O)O)on2)CC1. The molecule has 0 saturated carbocycles. The summed E-state index contributed by atoms with van der Waals surface area (Å²) in [5, 5.41) is 12.2. The van der Waals surface area contributed by atoms with E-state index in [2.05, 4.69) is 16.6 Å². The van der Waals surface area contributed by atoms with Crippen LogP contribution in [0.25, 0.3) is 0 Å². The van der Waals surface area contributed by atoms with Crippen LogP contribution in [0.15, 0.2) is 10.6 Å². The number of hydrogen-bond acceptors (Lipinski definition) is 4. The molecule has 1 aliphatic heterocycles. The third-order valence-electron chi connectivity index (χ3n) is 3.01. The van der Waals surface area contributed by atoms with E-state index >= 15 is 0 Å². The quantitative estimate of drug-likeness (QED) is 0.838. The molecule has 1 aromatic rings. The lowest BCUT2D eigenvalue weighted by Gasteiger charge is -2.29. The monoisotopic (exact) mass is 238 g/mol. The highest BCUT2D eigenvalue weighted by molar-refractivity contribution is 5.94. The largest absolute Gasteiger partial charge is 0.475 e. The molecule has 0 spiro atoms. The van der Waals surface area contributed by atoms with Crippen LogP contribution in [0.3, 0.4) is 0 Å². The molecular formula is C11H14N2O4. The van der Waals surface area contributed by atoms with E-state index in [1.165, 1.54) is 6.07 Å². The van der Waals surface area contributed by atoms with E-state index in [4.69, 9.17) is 5.11 Å².